The van der Waals surface area contributed by atoms with Gasteiger partial charge in [0.25, 0.3) is 0 Å². The number of aliphatic hydroxyl groups excluding tert-OH is 1. The fourth-order valence-electron chi connectivity index (χ4n) is 1.71. The summed E-state index contributed by atoms with van der Waals surface area (Å²) in [6.07, 6.45) is 3.35. The molecule has 3 nitrogen and oxygen atoms in total. The Morgan fingerprint density at radius 1 is 1.29 bits per heavy atom. The smallest absolute Gasteiger partial charge is 0.166 e. The van der Waals surface area contributed by atoms with Crippen LogP contribution in [0.25, 0.3) is 0 Å². The van der Waals surface area contributed by atoms with E-state index in [1.165, 1.54) is 0 Å². The zero-order valence-corrected chi connectivity index (χ0v) is 10.5. The normalized spacial score (nSPS) is 24.2. The van der Waals surface area contributed by atoms with E-state index in [1.807, 2.05) is 36.4 Å². The molecule has 0 amide bonds. The van der Waals surface area contributed by atoms with Crippen LogP contribution in [0.3, 0.4) is 0 Å². The Bertz CT molecular complexity index is 378. The summed E-state index contributed by atoms with van der Waals surface area (Å²) in [5.74, 6) is 1.18. The lowest BCUT2D eigenvalue weighted by Crippen LogP contribution is -2.17. The van der Waals surface area contributed by atoms with Crippen molar-refractivity contribution in [3.8, 4) is 5.75 Å². The van der Waals surface area contributed by atoms with E-state index in [0.29, 0.717) is 11.7 Å². The molecule has 0 aliphatic heterocycles. The van der Waals surface area contributed by atoms with Crippen molar-refractivity contribution < 1.29 is 14.3 Å². The molecule has 1 aromatic rings. The Hall–Kier alpha value is -0.970. The van der Waals surface area contributed by atoms with E-state index in [0.717, 1.165) is 29.8 Å². The third-order valence-corrected chi connectivity index (χ3v) is 3.45. The van der Waals surface area contributed by atoms with Crippen molar-refractivity contribution in [1.82, 2.24) is 0 Å². The van der Waals surface area contributed by atoms with Crippen LogP contribution >= 0.6 is 12.0 Å². The molecule has 0 bridgehead atoms. The number of benzene rings is 1. The average Bonchev–Trinajstić information content (AvgIpc) is 2.33. The molecule has 0 saturated heterocycles. The summed E-state index contributed by atoms with van der Waals surface area (Å²) >= 11 is 1.09. The molecule has 4 heteroatoms. The van der Waals surface area contributed by atoms with Gasteiger partial charge in [-0.05, 0) is 30.9 Å². The molecule has 0 fully saturated rings. The molecule has 2 rings (SSSR count). The lowest BCUT2D eigenvalue weighted by atomic mass is 9.94. The monoisotopic (exact) mass is 252 g/mol. The number of aliphatic hydroxyl groups is 1. The molecule has 2 atom stereocenters. The van der Waals surface area contributed by atoms with Crippen molar-refractivity contribution in [2.45, 2.75) is 25.9 Å². The molecule has 17 heavy (non-hydrogen) atoms. The summed E-state index contributed by atoms with van der Waals surface area (Å²) < 4.78 is 5.05. The van der Waals surface area contributed by atoms with Gasteiger partial charge >= 0.3 is 0 Å². The third-order valence-electron chi connectivity index (χ3n) is 2.68. The fraction of sp³-hybridized carbons (Fsp3) is 0.385. The van der Waals surface area contributed by atoms with Gasteiger partial charge in [-0.3, -0.25) is 0 Å². The first-order valence-corrected chi connectivity index (χ1v) is 6.44. The lowest BCUT2D eigenvalue weighted by Gasteiger charge is -2.22. The third kappa shape index (κ3) is 3.77. The molecule has 1 aliphatic rings. The number of rotatable bonds is 4. The standard InChI is InChI=1S/C13H16O3S/c1-10-7-8-13(12(14)9-10)17-16-15-11-5-3-2-4-6-11/h2-6,8,10,12,14H,7,9H2,1H3/t10-,12-/m1/s1. The number of para-hydroxylation sites is 1. The van der Waals surface area contributed by atoms with Gasteiger partial charge in [0.1, 0.15) is 0 Å². The topological polar surface area (TPSA) is 38.7 Å². The molecule has 0 heterocycles. The maximum Gasteiger partial charge on any atom is 0.166 e. The number of hydrogen-bond donors (Lipinski definition) is 1. The minimum Gasteiger partial charge on any atom is -0.388 e. The van der Waals surface area contributed by atoms with Crippen LogP contribution in [0.1, 0.15) is 19.8 Å². The van der Waals surface area contributed by atoms with Crippen molar-refractivity contribution in [3.63, 3.8) is 0 Å². The van der Waals surface area contributed by atoms with Crippen molar-refractivity contribution in [1.29, 1.82) is 0 Å². The van der Waals surface area contributed by atoms with Gasteiger partial charge in [0, 0.05) is 4.91 Å². The maximum absolute atomic E-state index is 9.81. The number of hydrogen-bond acceptors (Lipinski definition) is 4. The summed E-state index contributed by atoms with van der Waals surface area (Å²) in [4.78, 5) is 5.93. The molecule has 1 N–H and O–H groups in total. The van der Waals surface area contributed by atoms with Crippen LogP contribution in [-0.4, -0.2) is 11.2 Å². The summed E-state index contributed by atoms with van der Waals surface area (Å²) in [5, 5.41) is 9.81. The van der Waals surface area contributed by atoms with Crippen LogP contribution in [0.4, 0.5) is 0 Å². The molecule has 0 radical (unpaired) electrons. The zero-order chi connectivity index (χ0) is 12.1. The summed E-state index contributed by atoms with van der Waals surface area (Å²) in [6, 6.07) is 9.29. The van der Waals surface area contributed by atoms with Gasteiger partial charge in [-0.2, -0.15) is 0 Å². The second kappa shape index (κ2) is 6.10. The molecular weight excluding hydrogens is 236 g/mol. The van der Waals surface area contributed by atoms with Gasteiger partial charge in [0.15, 0.2) is 5.75 Å². The van der Waals surface area contributed by atoms with Crippen LogP contribution in [0.15, 0.2) is 41.3 Å². The molecule has 0 aromatic heterocycles. The second-order valence-electron chi connectivity index (χ2n) is 4.25. The molecule has 1 aromatic carbocycles. The van der Waals surface area contributed by atoms with Crippen molar-refractivity contribution in [2.24, 2.45) is 5.92 Å². The molecule has 1 aliphatic carbocycles. The van der Waals surface area contributed by atoms with Crippen LogP contribution in [0.5, 0.6) is 5.75 Å². The van der Waals surface area contributed by atoms with Crippen LogP contribution < -0.4 is 4.89 Å². The van der Waals surface area contributed by atoms with E-state index in [9.17, 15) is 5.11 Å². The van der Waals surface area contributed by atoms with E-state index >= 15 is 0 Å². The van der Waals surface area contributed by atoms with Crippen molar-refractivity contribution in [2.75, 3.05) is 0 Å². The van der Waals surface area contributed by atoms with Crippen LogP contribution in [-0.2, 0) is 4.33 Å². The first kappa shape index (κ1) is 12.5. The number of allylic oxidation sites excluding steroid dienone is 1. The molecule has 0 saturated carbocycles. The van der Waals surface area contributed by atoms with Gasteiger partial charge < -0.3 is 9.99 Å². The Morgan fingerprint density at radius 3 is 2.76 bits per heavy atom. The minimum absolute atomic E-state index is 0.428. The Labute approximate surface area is 106 Å². The van der Waals surface area contributed by atoms with Crippen molar-refractivity contribution in [3.05, 3.63) is 41.3 Å². The molecular formula is C13H16O3S. The maximum atomic E-state index is 9.81. The van der Waals surface area contributed by atoms with Crippen molar-refractivity contribution >= 4 is 12.0 Å². The zero-order valence-electron chi connectivity index (χ0n) is 9.70. The van der Waals surface area contributed by atoms with Crippen LogP contribution in [0.2, 0.25) is 0 Å². The quantitative estimate of drug-likeness (QED) is 0.507. The summed E-state index contributed by atoms with van der Waals surface area (Å²) in [5.41, 5.74) is 0. The van der Waals surface area contributed by atoms with E-state index in [2.05, 4.69) is 6.92 Å². The van der Waals surface area contributed by atoms with Gasteiger partial charge in [0.05, 0.1) is 18.1 Å². The minimum atomic E-state index is -0.428. The van der Waals surface area contributed by atoms with Gasteiger partial charge in [-0.25, -0.2) is 0 Å². The average molecular weight is 252 g/mol. The Kier molecular flexibility index (Phi) is 4.48. The van der Waals surface area contributed by atoms with E-state index in [-0.39, 0.29) is 0 Å². The highest BCUT2D eigenvalue weighted by atomic mass is 32.2. The molecule has 0 spiro atoms. The Morgan fingerprint density at radius 2 is 2.06 bits per heavy atom. The van der Waals surface area contributed by atoms with Gasteiger partial charge in [-0.15, -0.1) is 4.33 Å². The fourth-order valence-corrected chi connectivity index (χ4v) is 2.27. The van der Waals surface area contributed by atoms with Crippen LogP contribution in [0, 0.1) is 5.92 Å². The van der Waals surface area contributed by atoms with Gasteiger partial charge in [-0.1, -0.05) is 31.2 Å². The lowest BCUT2D eigenvalue weighted by molar-refractivity contribution is -0.0774. The van der Waals surface area contributed by atoms with E-state index in [4.69, 9.17) is 9.22 Å². The second-order valence-corrected chi connectivity index (χ2v) is 5.02. The highest BCUT2D eigenvalue weighted by Gasteiger charge is 2.21. The Balaban J connectivity index is 1.79. The highest BCUT2D eigenvalue weighted by Crippen LogP contribution is 2.31. The summed E-state index contributed by atoms with van der Waals surface area (Å²) in [6.45, 7) is 2.13. The predicted molar refractivity (Wildman–Crippen MR) is 68.2 cm³/mol. The van der Waals surface area contributed by atoms with Gasteiger partial charge in [0.2, 0.25) is 0 Å². The first-order chi connectivity index (χ1) is 8.25. The van der Waals surface area contributed by atoms with E-state index in [1.54, 1.807) is 0 Å². The molecule has 92 valence electrons. The summed E-state index contributed by atoms with van der Waals surface area (Å²) in [7, 11) is 0. The largest absolute Gasteiger partial charge is 0.388 e. The molecule has 0 unspecified atom stereocenters. The SMILES string of the molecule is C[C@@H]1CC=C(SOOc2ccccc2)[C@H](O)C1. The first-order valence-electron chi connectivity index (χ1n) is 5.70. The van der Waals surface area contributed by atoms with E-state index < -0.39 is 6.10 Å². The predicted octanol–water partition coefficient (Wildman–Crippen LogP) is 3.32. The highest BCUT2D eigenvalue weighted by molar-refractivity contribution is 7.98.